The van der Waals surface area contributed by atoms with E-state index < -0.39 is 12.0 Å². The molecule has 1 fully saturated rings. The van der Waals surface area contributed by atoms with E-state index in [4.69, 9.17) is 0 Å². The summed E-state index contributed by atoms with van der Waals surface area (Å²) < 4.78 is 0. The van der Waals surface area contributed by atoms with Crippen molar-refractivity contribution < 1.29 is 14.7 Å². The van der Waals surface area contributed by atoms with Crippen molar-refractivity contribution in [1.82, 2.24) is 10.6 Å². The van der Waals surface area contributed by atoms with Gasteiger partial charge in [-0.3, -0.25) is 4.79 Å². The van der Waals surface area contributed by atoms with E-state index >= 15 is 0 Å². The predicted molar refractivity (Wildman–Crippen MR) is 158 cm³/mol. The fourth-order valence-electron chi connectivity index (χ4n) is 5.21. The number of carboxylic acids is 1. The van der Waals surface area contributed by atoms with Gasteiger partial charge in [-0.15, -0.1) is 0 Å². The predicted octanol–water partition coefficient (Wildman–Crippen LogP) is 5.79. The van der Waals surface area contributed by atoms with Crippen molar-refractivity contribution >= 4 is 42.5 Å². The third-order valence-electron chi connectivity index (χ3n) is 7.41. The van der Waals surface area contributed by atoms with Crippen LogP contribution in [0, 0.1) is 12.8 Å². The molecule has 5 nitrogen and oxygen atoms in total. The Balaban J connectivity index is 0.00000481. The van der Waals surface area contributed by atoms with Crippen molar-refractivity contribution in [3.05, 3.63) is 59.2 Å². The molecule has 1 saturated carbocycles. The number of benzene rings is 2. The first-order valence-corrected chi connectivity index (χ1v) is 14.8. The van der Waals surface area contributed by atoms with Crippen molar-refractivity contribution in [1.29, 1.82) is 0 Å². The number of aryl methyl sites for hydroxylation is 1. The molecule has 0 heterocycles. The monoisotopic (exact) mass is 518 g/mol. The Hall–Kier alpha value is -1.71. The molecule has 3 rings (SSSR count). The van der Waals surface area contributed by atoms with Gasteiger partial charge in [-0.2, -0.15) is 11.8 Å². The SMILES string of the molecule is CCC(CC1CCCCC1)NCc1ccc(C(=O)NC(CCSC)C(=O)O)c(-c2ccccc2C)c1.[LiH]. The van der Waals surface area contributed by atoms with Crippen LogP contribution < -0.4 is 10.6 Å². The molecule has 2 aromatic rings. The van der Waals surface area contributed by atoms with Crippen LogP contribution in [0.15, 0.2) is 42.5 Å². The first-order chi connectivity index (χ1) is 17.4. The van der Waals surface area contributed by atoms with E-state index in [-0.39, 0.29) is 24.8 Å². The molecule has 1 aliphatic carbocycles. The second-order valence-corrected chi connectivity index (χ2v) is 11.1. The van der Waals surface area contributed by atoms with E-state index in [1.165, 1.54) is 38.5 Å². The number of aliphatic carboxylic acids is 1. The first-order valence-electron chi connectivity index (χ1n) is 13.4. The van der Waals surface area contributed by atoms with Gasteiger partial charge < -0.3 is 15.7 Å². The van der Waals surface area contributed by atoms with Crippen LogP contribution in [-0.2, 0) is 11.3 Å². The van der Waals surface area contributed by atoms with Crippen LogP contribution in [0.1, 0.15) is 79.8 Å². The number of nitrogens with one attached hydrogen (secondary N) is 2. The van der Waals surface area contributed by atoms with Crippen LogP contribution >= 0.6 is 11.8 Å². The zero-order chi connectivity index (χ0) is 25.9. The molecule has 0 bridgehead atoms. The van der Waals surface area contributed by atoms with E-state index in [1.807, 2.05) is 49.6 Å². The molecule has 0 saturated heterocycles. The summed E-state index contributed by atoms with van der Waals surface area (Å²) in [6, 6.07) is 13.6. The Morgan fingerprint density at radius 1 is 1.08 bits per heavy atom. The Morgan fingerprint density at radius 3 is 2.46 bits per heavy atom. The zero-order valence-electron chi connectivity index (χ0n) is 22.0. The third kappa shape index (κ3) is 9.52. The standard InChI is InChI=1S/C30H42N2O3S.Li.H/c1-4-24(18-22-11-6-5-7-12-22)31-20-23-14-15-26(27(19-23)25-13-9-8-10-21(25)2)29(33)32-28(30(34)35)16-17-36-3;;/h8-10,13-15,19,22,24,28,31H,4-7,11-12,16-18,20H2,1-3H3,(H,32,33)(H,34,35);;. The number of thioether (sulfide) groups is 1. The normalized spacial score (nSPS) is 15.4. The van der Waals surface area contributed by atoms with Gasteiger partial charge in [0.25, 0.3) is 5.91 Å². The molecule has 1 amide bonds. The molecule has 37 heavy (non-hydrogen) atoms. The number of carbonyl (C=O) groups excluding carboxylic acids is 1. The van der Waals surface area contributed by atoms with Crippen LogP contribution in [0.2, 0.25) is 0 Å². The number of hydrogen-bond donors (Lipinski definition) is 3. The van der Waals surface area contributed by atoms with Crippen molar-refractivity contribution in [3.63, 3.8) is 0 Å². The van der Waals surface area contributed by atoms with Crippen LogP contribution in [0.25, 0.3) is 11.1 Å². The molecule has 0 spiro atoms. The van der Waals surface area contributed by atoms with Crippen molar-refractivity contribution in [2.75, 3.05) is 12.0 Å². The molecule has 198 valence electrons. The third-order valence-corrected chi connectivity index (χ3v) is 8.05. The Kier molecular flexibility index (Phi) is 13.9. The van der Waals surface area contributed by atoms with Gasteiger partial charge in [0, 0.05) is 18.2 Å². The van der Waals surface area contributed by atoms with E-state index in [9.17, 15) is 14.7 Å². The Morgan fingerprint density at radius 2 is 1.81 bits per heavy atom. The number of hydrogen-bond acceptors (Lipinski definition) is 4. The number of rotatable bonds is 13. The minimum absolute atomic E-state index is 0. The van der Waals surface area contributed by atoms with Crippen molar-refractivity contribution in [3.8, 4) is 11.1 Å². The average molecular weight is 519 g/mol. The summed E-state index contributed by atoms with van der Waals surface area (Å²) in [5, 5.41) is 16.1. The van der Waals surface area contributed by atoms with Gasteiger partial charge in [0.2, 0.25) is 0 Å². The Labute approximate surface area is 239 Å². The number of carbonyl (C=O) groups is 2. The van der Waals surface area contributed by atoms with Gasteiger partial charge in [0.1, 0.15) is 6.04 Å². The fraction of sp³-hybridized carbons (Fsp3) is 0.533. The van der Waals surface area contributed by atoms with E-state index in [0.717, 1.165) is 41.1 Å². The van der Waals surface area contributed by atoms with Gasteiger partial charge in [0.15, 0.2) is 0 Å². The van der Waals surface area contributed by atoms with Gasteiger partial charge in [-0.05, 0) is 78.5 Å². The molecule has 3 N–H and O–H groups in total. The summed E-state index contributed by atoms with van der Waals surface area (Å²) in [5.74, 6) is 0.161. The second-order valence-electron chi connectivity index (χ2n) is 10.1. The van der Waals surface area contributed by atoms with Crippen LogP contribution in [0.5, 0.6) is 0 Å². The average Bonchev–Trinajstić information content (AvgIpc) is 2.89. The molecule has 1 aliphatic rings. The molecule has 0 aliphatic heterocycles. The molecule has 2 atom stereocenters. The molecule has 0 aromatic heterocycles. The summed E-state index contributed by atoms with van der Waals surface area (Å²) in [7, 11) is 0. The summed E-state index contributed by atoms with van der Waals surface area (Å²) in [6.07, 6.45) is 11.5. The fourth-order valence-corrected chi connectivity index (χ4v) is 5.68. The summed E-state index contributed by atoms with van der Waals surface area (Å²) in [6.45, 7) is 5.04. The summed E-state index contributed by atoms with van der Waals surface area (Å²) in [4.78, 5) is 25.0. The van der Waals surface area contributed by atoms with Crippen molar-refractivity contribution in [2.24, 2.45) is 5.92 Å². The maximum atomic E-state index is 13.3. The van der Waals surface area contributed by atoms with Crippen LogP contribution in [0.4, 0.5) is 0 Å². The van der Waals surface area contributed by atoms with Gasteiger partial charge in [-0.1, -0.05) is 69.4 Å². The molecule has 2 unspecified atom stereocenters. The van der Waals surface area contributed by atoms with E-state index in [2.05, 4.69) is 23.6 Å². The van der Waals surface area contributed by atoms with Crippen molar-refractivity contribution in [2.45, 2.75) is 83.8 Å². The molecule has 2 aromatic carbocycles. The van der Waals surface area contributed by atoms with E-state index in [1.54, 1.807) is 11.8 Å². The van der Waals surface area contributed by atoms with Gasteiger partial charge in [-0.25, -0.2) is 4.79 Å². The quantitative estimate of drug-likeness (QED) is 0.293. The van der Waals surface area contributed by atoms with E-state index in [0.29, 0.717) is 23.8 Å². The topological polar surface area (TPSA) is 78.4 Å². The van der Waals surface area contributed by atoms with Crippen LogP contribution in [-0.4, -0.2) is 59.9 Å². The van der Waals surface area contributed by atoms with Gasteiger partial charge >= 0.3 is 24.8 Å². The minimum atomic E-state index is -1.00. The summed E-state index contributed by atoms with van der Waals surface area (Å²) >= 11 is 1.57. The molecular weight excluding hydrogens is 475 g/mol. The second kappa shape index (κ2) is 16.3. The molecular formula is C30H43LiN2O3S. The number of carboxylic acid groups (broad SMARTS) is 1. The maximum absolute atomic E-state index is 13.3. The van der Waals surface area contributed by atoms with Crippen LogP contribution in [0.3, 0.4) is 0 Å². The first kappa shape index (κ1) is 31.5. The van der Waals surface area contributed by atoms with Gasteiger partial charge in [0.05, 0.1) is 0 Å². The Bertz CT molecular complexity index is 1010. The zero-order valence-corrected chi connectivity index (χ0v) is 22.8. The number of amides is 1. The summed E-state index contributed by atoms with van der Waals surface area (Å²) in [5.41, 5.74) is 4.56. The molecule has 0 radical (unpaired) electrons. The molecule has 7 heteroatoms.